The van der Waals surface area contributed by atoms with Crippen molar-refractivity contribution < 1.29 is 9.53 Å². The van der Waals surface area contributed by atoms with Gasteiger partial charge in [-0.25, -0.2) is 4.79 Å². The summed E-state index contributed by atoms with van der Waals surface area (Å²) in [6, 6.07) is 0. The van der Waals surface area contributed by atoms with Gasteiger partial charge in [0.2, 0.25) is 0 Å². The molecule has 3 nitrogen and oxygen atoms in total. The minimum atomic E-state index is -0.251. The van der Waals surface area contributed by atoms with Crippen molar-refractivity contribution in [1.29, 1.82) is 0 Å². The zero-order chi connectivity index (χ0) is 9.84. The van der Waals surface area contributed by atoms with E-state index >= 15 is 0 Å². The lowest BCUT2D eigenvalue weighted by atomic mass is 10.00. The number of carbonyl (C=O) groups excluding carboxylic acids is 1. The number of hydrogen-bond acceptors (Lipinski definition) is 2. The summed E-state index contributed by atoms with van der Waals surface area (Å²) in [5, 5.41) is 0. The van der Waals surface area contributed by atoms with E-state index in [2.05, 4.69) is 13.5 Å². The average Bonchev–Trinajstić information content (AvgIpc) is 2.04. The van der Waals surface area contributed by atoms with Crippen molar-refractivity contribution in [1.82, 2.24) is 4.90 Å². The van der Waals surface area contributed by atoms with Gasteiger partial charge in [-0.2, -0.15) is 0 Å². The summed E-state index contributed by atoms with van der Waals surface area (Å²) in [7, 11) is 0. The maximum Gasteiger partial charge on any atom is 0.414 e. The van der Waals surface area contributed by atoms with Crippen LogP contribution in [0.25, 0.3) is 0 Å². The maximum absolute atomic E-state index is 11.4. The molecule has 0 spiro atoms. The van der Waals surface area contributed by atoms with Gasteiger partial charge in [0, 0.05) is 13.1 Å². The SMILES string of the molecule is C=C(C)OC(=O)N1CCC(C)CC1. The third-order valence-corrected chi connectivity index (χ3v) is 2.30. The summed E-state index contributed by atoms with van der Waals surface area (Å²) in [4.78, 5) is 13.1. The van der Waals surface area contributed by atoms with Crippen LogP contribution in [-0.2, 0) is 4.74 Å². The molecule has 0 radical (unpaired) electrons. The molecule has 1 aliphatic rings. The molecule has 0 aromatic carbocycles. The quantitative estimate of drug-likeness (QED) is 0.584. The first-order valence-corrected chi connectivity index (χ1v) is 4.72. The number of hydrogen-bond donors (Lipinski definition) is 0. The van der Waals surface area contributed by atoms with Gasteiger partial charge in [0.25, 0.3) is 0 Å². The van der Waals surface area contributed by atoms with Gasteiger partial charge >= 0.3 is 6.09 Å². The molecule has 0 unspecified atom stereocenters. The molecule has 13 heavy (non-hydrogen) atoms. The second-order valence-electron chi connectivity index (χ2n) is 3.74. The summed E-state index contributed by atoms with van der Waals surface area (Å²) in [5.74, 6) is 1.19. The van der Waals surface area contributed by atoms with Crippen molar-refractivity contribution in [3.63, 3.8) is 0 Å². The predicted molar refractivity (Wildman–Crippen MR) is 51.3 cm³/mol. The highest BCUT2D eigenvalue weighted by molar-refractivity contribution is 5.68. The lowest BCUT2D eigenvalue weighted by Crippen LogP contribution is -2.37. The summed E-state index contributed by atoms with van der Waals surface area (Å²) >= 11 is 0. The van der Waals surface area contributed by atoms with Crippen LogP contribution in [-0.4, -0.2) is 24.1 Å². The van der Waals surface area contributed by atoms with Gasteiger partial charge in [-0.15, -0.1) is 0 Å². The van der Waals surface area contributed by atoms with Crippen LogP contribution < -0.4 is 0 Å². The zero-order valence-corrected chi connectivity index (χ0v) is 8.38. The van der Waals surface area contributed by atoms with Crippen molar-refractivity contribution >= 4 is 6.09 Å². The second kappa shape index (κ2) is 4.30. The van der Waals surface area contributed by atoms with E-state index in [9.17, 15) is 4.79 Å². The van der Waals surface area contributed by atoms with Crippen LogP contribution in [0, 0.1) is 5.92 Å². The number of amides is 1. The number of carbonyl (C=O) groups is 1. The van der Waals surface area contributed by atoms with E-state index in [1.807, 2.05) is 0 Å². The second-order valence-corrected chi connectivity index (χ2v) is 3.74. The van der Waals surface area contributed by atoms with Crippen molar-refractivity contribution in [2.24, 2.45) is 5.92 Å². The van der Waals surface area contributed by atoms with Crippen LogP contribution in [0.3, 0.4) is 0 Å². The number of nitrogens with zero attached hydrogens (tertiary/aromatic N) is 1. The highest BCUT2D eigenvalue weighted by Gasteiger charge is 2.21. The van der Waals surface area contributed by atoms with Gasteiger partial charge in [0.15, 0.2) is 0 Å². The maximum atomic E-state index is 11.4. The molecule has 0 aromatic heterocycles. The largest absolute Gasteiger partial charge is 0.416 e. The normalized spacial score (nSPS) is 18.5. The van der Waals surface area contributed by atoms with Crippen molar-refractivity contribution in [2.45, 2.75) is 26.7 Å². The first-order valence-electron chi connectivity index (χ1n) is 4.72. The Hall–Kier alpha value is -0.990. The zero-order valence-electron chi connectivity index (χ0n) is 8.38. The fraction of sp³-hybridized carbons (Fsp3) is 0.700. The van der Waals surface area contributed by atoms with E-state index in [0.29, 0.717) is 5.76 Å². The number of likely N-dealkylation sites (tertiary alicyclic amines) is 1. The Balaban J connectivity index is 2.36. The summed E-state index contributed by atoms with van der Waals surface area (Å²) in [6.07, 6.45) is 1.90. The Morgan fingerprint density at radius 3 is 2.46 bits per heavy atom. The Bertz CT molecular complexity index is 205. The standard InChI is InChI=1S/C10H17NO2/c1-8(2)13-10(12)11-6-4-9(3)5-7-11/h9H,1,4-7H2,2-3H3. The van der Waals surface area contributed by atoms with E-state index in [1.54, 1.807) is 11.8 Å². The molecule has 1 heterocycles. The van der Waals surface area contributed by atoms with Crippen molar-refractivity contribution in [3.05, 3.63) is 12.3 Å². The van der Waals surface area contributed by atoms with Crippen LogP contribution >= 0.6 is 0 Å². The van der Waals surface area contributed by atoms with Gasteiger partial charge < -0.3 is 9.64 Å². The molecule has 0 atom stereocenters. The molecule has 1 fully saturated rings. The van der Waals surface area contributed by atoms with Crippen LogP contribution in [0.1, 0.15) is 26.7 Å². The predicted octanol–water partition coefficient (Wildman–Crippen LogP) is 2.39. The Morgan fingerprint density at radius 2 is 2.00 bits per heavy atom. The molecule has 1 rings (SSSR count). The number of allylic oxidation sites excluding steroid dienone is 1. The molecule has 0 bridgehead atoms. The molecule has 1 aliphatic heterocycles. The average molecular weight is 183 g/mol. The van der Waals surface area contributed by atoms with E-state index in [-0.39, 0.29) is 6.09 Å². The van der Waals surface area contributed by atoms with Crippen molar-refractivity contribution in [3.8, 4) is 0 Å². The summed E-state index contributed by atoms with van der Waals surface area (Å²) in [5.41, 5.74) is 0. The van der Waals surface area contributed by atoms with Gasteiger partial charge in [-0.3, -0.25) is 0 Å². The first-order chi connectivity index (χ1) is 6.09. The molecule has 74 valence electrons. The Kier molecular flexibility index (Phi) is 3.34. The van der Waals surface area contributed by atoms with E-state index in [0.717, 1.165) is 31.8 Å². The van der Waals surface area contributed by atoms with Crippen molar-refractivity contribution in [2.75, 3.05) is 13.1 Å². The highest BCUT2D eigenvalue weighted by Crippen LogP contribution is 2.16. The van der Waals surface area contributed by atoms with Gasteiger partial charge in [-0.05, 0) is 25.7 Å². The molecule has 0 saturated carbocycles. The first kappa shape index (κ1) is 10.1. The summed E-state index contributed by atoms with van der Waals surface area (Å²) in [6.45, 7) is 9.06. The summed E-state index contributed by atoms with van der Waals surface area (Å²) < 4.78 is 4.92. The lowest BCUT2D eigenvalue weighted by Gasteiger charge is -2.29. The minimum absolute atomic E-state index is 0.251. The fourth-order valence-corrected chi connectivity index (χ4v) is 1.40. The molecule has 0 aliphatic carbocycles. The number of piperidine rings is 1. The molecular weight excluding hydrogens is 166 g/mol. The smallest absolute Gasteiger partial charge is 0.414 e. The van der Waals surface area contributed by atoms with E-state index in [1.165, 1.54) is 0 Å². The topological polar surface area (TPSA) is 29.5 Å². The number of ether oxygens (including phenoxy) is 1. The molecule has 3 heteroatoms. The number of rotatable bonds is 1. The molecule has 0 N–H and O–H groups in total. The third kappa shape index (κ3) is 3.09. The Morgan fingerprint density at radius 1 is 1.46 bits per heavy atom. The molecular formula is C10H17NO2. The fourth-order valence-electron chi connectivity index (χ4n) is 1.40. The third-order valence-electron chi connectivity index (χ3n) is 2.30. The minimum Gasteiger partial charge on any atom is -0.416 e. The Labute approximate surface area is 79.4 Å². The van der Waals surface area contributed by atoms with Gasteiger partial charge in [-0.1, -0.05) is 13.5 Å². The molecule has 0 aromatic rings. The molecule has 1 amide bonds. The van der Waals surface area contributed by atoms with Crippen LogP contribution in [0.5, 0.6) is 0 Å². The van der Waals surface area contributed by atoms with Gasteiger partial charge in [0.1, 0.15) is 0 Å². The monoisotopic (exact) mass is 183 g/mol. The lowest BCUT2D eigenvalue weighted by molar-refractivity contribution is 0.113. The molecule has 1 saturated heterocycles. The van der Waals surface area contributed by atoms with Crippen LogP contribution in [0.2, 0.25) is 0 Å². The van der Waals surface area contributed by atoms with E-state index in [4.69, 9.17) is 4.74 Å². The van der Waals surface area contributed by atoms with Crippen LogP contribution in [0.15, 0.2) is 12.3 Å². The van der Waals surface area contributed by atoms with E-state index < -0.39 is 0 Å². The van der Waals surface area contributed by atoms with Crippen LogP contribution in [0.4, 0.5) is 4.79 Å². The van der Waals surface area contributed by atoms with Gasteiger partial charge in [0.05, 0.1) is 5.76 Å². The highest BCUT2D eigenvalue weighted by atomic mass is 16.6.